The van der Waals surface area contributed by atoms with E-state index in [1.807, 2.05) is 0 Å². The lowest BCUT2D eigenvalue weighted by atomic mass is 9.93. The van der Waals surface area contributed by atoms with Gasteiger partial charge in [-0.3, -0.25) is 0 Å². The van der Waals surface area contributed by atoms with Gasteiger partial charge in [-0.25, -0.2) is 0 Å². The molecule has 2 unspecified atom stereocenters. The van der Waals surface area contributed by atoms with E-state index >= 15 is 0 Å². The molecule has 0 aromatic heterocycles. The zero-order chi connectivity index (χ0) is 10.3. The predicted octanol–water partition coefficient (Wildman–Crippen LogP) is 2.53. The van der Waals surface area contributed by atoms with Gasteiger partial charge in [0, 0.05) is 6.42 Å². The maximum atomic E-state index is 5.27. The largest absolute Gasteiger partial charge is 0.316 e. The van der Waals surface area contributed by atoms with Crippen molar-refractivity contribution in [2.24, 2.45) is 17.8 Å². The quantitative estimate of drug-likeness (QED) is 0.621. The number of hydrogen-bond donors (Lipinski definition) is 1. The summed E-state index contributed by atoms with van der Waals surface area (Å²) in [7, 11) is 0. The molecule has 0 aromatic carbocycles. The van der Waals surface area contributed by atoms with Gasteiger partial charge in [0.15, 0.2) is 0 Å². The van der Waals surface area contributed by atoms with Gasteiger partial charge >= 0.3 is 0 Å². The summed E-state index contributed by atoms with van der Waals surface area (Å²) in [5.74, 6) is 4.76. The highest BCUT2D eigenvalue weighted by Gasteiger charge is 2.10. The molecule has 0 radical (unpaired) electrons. The van der Waals surface area contributed by atoms with Crippen molar-refractivity contribution in [2.45, 2.75) is 34.1 Å². The van der Waals surface area contributed by atoms with Crippen molar-refractivity contribution in [1.82, 2.24) is 5.32 Å². The van der Waals surface area contributed by atoms with Crippen LogP contribution in [0.3, 0.4) is 0 Å². The highest BCUT2D eigenvalue weighted by molar-refractivity contribution is 4.87. The zero-order valence-electron chi connectivity index (χ0n) is 9.43. The van der Waals surface area contributed by atoms with E-state index in [0.717, 1.165) is 25.4 Å². The molecule has 0 aromatic rings. The number of terminal acetylenes is 1. The molecule has 13 heavy (non-hydrogen) atoms. The minimum Gasteiger partial charge on any atom is -0.316 e. The molecule has 1 heteroatoms. The molecule has 0 aliphatic rings. The van der Waals surface area contributed by atoms with Gasteiger partial charge in [-0.05, 0) is 30.8 Å². The van der Waals surface area contributed by atoms with Crippen LogP contribution in [0.1, 0.15) is 34.1 Å². The minimum atomic E-state index is 0.629. The molecule has 1 nitrogen and oxygen atoms in total. The third kappa shape index (κ3) is 6.66. The first-order chi connectivity index (χ1) is 6.07. The van der Waals surface area contributed by atoms with Crippen LogP contribution in [-0.2, 0) is 0 Å². The van der Waals surface area contributed by atoms with Crippen molar-refractivity contribution in [3.05, 3.63) is 0 Å². The third-order valence-corrected chi connectivity index (χ3v) is 2.43. The summed E-state index contributed by atoms with van der Waals surface area (Å²) < 4.78 is 0. The number of rotatable bonds is 6. The second-order valence-electron chi connectivity index (χ2n) is 4.41. The van der Waals surface area contributed by atoms with Crippen molar-refractivity contribution >= 4 is 0 Å². The first-order valence-corrected chi connectivity index (χ1v) is 5.22. The Labute approximate surface area is 83.3 Å². The van der Waals surface area contributed by atoms with E-state index in [9.17, 15) is 0 Å². The highest BCUT2D eigenvalue weighted by Crippen LogP contribution is 2.13. The maximum Gasteiger partial charge on any atom is 0.0115 e. The van der Waals surface area contributed by atoms with Gasteiger partial charge in [0.05, 0.1) is 0 Å². The van der Waals surface area contributed by atoms with Crippen molar-refractivity contribution in [2.75, 3.05) is 13.1 Å². The molecular formula is C12H23N. The Bertz CT molecular complexity index is 155. The van der Waals surface area contributed by atoms with Crippen LogP contribution in [0.25, 0.3) is 0 Å². The zero-order valence-corrected chi connectivity index (χ0v) is 9.43. The first-order valence-electron chi connectivity index (χ1n) is 5.22. The normalized spacial score (nSPS) is 15.4. The molecule has 0 saturated carbocycles. The van der Waals surface area contributed by atoms with Crippen LogP contribution >= 0.6 is 0 Å². The van der Waals surface area contributed by atoms with Gasteiger partial charge in [-0.1, -0.05) is 27.7 Å². The molecule has 0 rings (SSSR count). The summed E-state index contributed by atoms with van der Waals surface area (Å²) in [5, 5.41) is 3.46. The lowest BCUT2D eigenvalue weighted by Gasteiger charge is -2.18. The average molecular weight is 181 g/mol. The number of nitrogens with one attached hydrogen (secondary N) is 1. The molecule has 0 heterocycles. The summed E-state index contributed by atoms with van der Waals surface area (Å²) in [4.78, 5) is 0. The van der Waals surface area contributed by atoms with E-state index < -0.39 is 0 Å². The van der Waals surface area contributed by atoms with Crippen LogP contribution in [0.4, 0.5) is 0 Å². The Balaban J connectivity index is 3.50. The van der Waals surface area contributed by atoms with Gasteiger partial charge in [0.1, 0.15) is 0 Å². The van der Waals surface area contributed by atoms with Crippen molar-refractivity contribution in [3.63, 3.8) is 0 Å². The van der Waals surface area contributed by atoms with E-state index in [4.69, 9.17) is 6.42 Å². The molecular weight excluding hydrogens is 158 g/mol. The second-order valence-corrected chi connectivity index (χ2v) is 4.41. The fourth-order valence-electron chi connectivity index (χ4n) is 1.19. The van der Waals surface area contributed by atoms with Gasteiger partial charge in [0.25, 0.3) is 0 Å². The van der Waals surface area contributed by atoms with E-state index in [2.05, 4.69) is 38.9 Å². The van der Waals surface area contributed by atoms with Crippen LogP contribution in [0.5, 0.6) is 0 Å². The van der Waals surface area contributed by atoms with E-state index in [-0.39, 0.29) is 0 Å². The maximum absolute atomic E-state index is 5.27. The van der Waals surface area contributed by atoms with Crippen LogP contribution in [0, 0.1) is 30.1 Å². The topological polar surface area (TPSA) is 12.0 Å². The van der Waals surface area contributed by atoms with Gasteiger partial charge in [-0.15, -0.1) is 12.3 Å². The Morgan fingerprint density at radius 1 is 1.08 bits per heavy atom. The van der Waals surface area contributed by atoms with Gasteiger partial charge in [0.2, 0.25) is 0 Å². The molecule has 0 aliphatic heterocycles. The Morgan fingerprint density at radius 3 is 2.15 bits per heavy atom. The fraction of sp³-hybridized carbons (Fsp3) is 0.833. The molecule has 0 fully saturated rings. The molecule has 2 atom stereocenters. The molecule has 0 spiro atoms. The molecule has 0 saturated heterocycles. The number of hydrogen-bond acceptors (Lipinski definition) is 1. The summed E-state index contributed by atoms with van der Waals surface area (Å²) in [6.45, 7) is 11.1. The fourth-order valence-corrected chi connectivity index (χ4v) is 1.19. The lowest BCUT2D eigenvalue weighted by Crippen LogP contribution is -2.28. The van der Waals surface area contributed by atoms with Crippen LogP contribution in [0.15, 0.2) is 0 Å². The van der Waals surface area contributed by atoms with Crippen molar-refractivity contribution < 1.29 is 0 Å². The highest BCUT2D eigenvalue weighted by atomic mass is 14.9. The molecule has 0 amide bonds. The Morgan fingerprint density at radius 2 is 1.69 bits per heavy atom. The Kier molecular flexibility index (Phi) is 6.72. The lowest BCUT2D eigenvalue weighted by molar-refractivity contribution is 0.365. The summed E-state index contributed by atoms with van der Waals surface area (Å²) in [6.07, 6.45) is 6.17. The molecule has 0 bridgehead atoms. The summed E-state index contributed by atoms with van der Waals surface area (Å²) >= 11 is 0. The second kappa shape index (κ2) is 6.97. The van der Waals surface area contributed by atoms with E-state index in [0.29, 0.717) is 11.8 Å². The van der Waals surface area contributed by atoms with Crippen LogP contribution in [0.2, 0.25) is 0 Å². The monoisotopic (exact) mass is 181 g/mol. The SMILES string of the molecule is C#CCC(C)C(C)CNCC(C)C. The minimum absolute atomic E-state index is 0.629. The first kappa shape index (κ1) is 12.5. The molecule has 0 aliphatic carbocycles. The predicted molar refractivity (Wildman–Crippen MR) is 59.5 cm³/mol. The van der Waals surface area contributed by atoms with Crippen LogP contribution < -0.4 is 5.32 Å². The van der Waals surface area contributed by atoms with Crippen molar-refractivity contribution in [3.8, 4) is 12.3 Å². The van der Waals surface area contributed by atoms with Crippen LogP contribution in [-0.4, -0.2) is 13.1 Å². The third-order valence-electron chi connectivity index (χ3n) is 2.43. The smallest absolute Gasteiger partial charge is 0.0115 e. The van der Waals surface area contributed by atoms with E-state index in [1.54, 1.807) is 0 Å². The molecule has 76 valence electrons. The Hall–Kier alpha value is -0.480. The average Bonchev–Trinajstić information content (AvgIpc) is 2.04. The van der Waals surface area contributed by atoms with Crippen molar-refractivity contribution in [1.29, 1.82) is 0 Å². The summed E-state index contributed by atoms with van der Waals surface area (Å²) in [6, 6.07) is 0. The van der Waals surface area contributed by atoms with Gasteiger partial charge in [-0.2, -0.15) is 0 Å². The molecule has 1 N–H and O–H groups in total. The van der Waals surface area contributed by atoms with E-state index in [1.165, 1.54) is 0 Å². The summed E-state index contributed by atoms with van der Waals surface area (Å²) in [5.41, 5.74) is 0. The van der Waals surface area contributed by atoms with Gasteiger partial charge < -0.3 is 5.32 Å². The standard InChI is InChI=1S/C12H23N/c1-6-7-11(4)12(5)9-13-8-10(2)3/h1,10-13H,7-9H2,2-5H3.